The van der Waals surface area contributed by atoms with E-state index in [1.807, 2.05) is 17.8 Å². The molecule has 116 valence electrons. The van der Waals surface area contributed by atoms with Crippen LogP contribution in [0.15, 0.2) is 16.0 Å². The summed E-state index contributed by atoms with van der Waals surface area (Å²) >= 11 is 5.24. The van der Waals surface area contributed by atoms with E-state index >= 15 is 0 Å². The van der Waals surface area contributed by atoms with Gasteiger partial charge in [-0.05, 0) is 36.9 Å². The lowest BCUT2D eigenvalue weighted by Gasteiger charge is -2.18. The molecular formula is C13H21BrN6S. The fourth-order valence-corrected chi connectivity index (χ4v) is 3.49. The Hall–Kier alpha value is -0.800. The van der Waals surface area contributed by atoms with Gasteiger partial charge in [-0.1, -0.05) is 0 Å². The topological polar surface area (TPSA) is 72.0 Å². The second-order valence-corrected chi connectivity index (χ2v) is 7.01. The van der Waals surface area contributed by atoms with Crippen LogP contribution in [0.5, 0.6) is 0 Å². The lowest BCUT2D eigenvalue weighted by atomic mass is 10.1. The van der Waals surface area contributed by atoms with Gasteiger partial charge in [-0.2, -0.15) is 5.10 Å². The van der Waals surface area contributed by atoms with Crippen LogP contribution in [0.2, 0.25) is 0 Å². The fourth-order valence-electron chi connectivity index (χ4n) is 2.10. The second-order valence-electron chi connectivity index (χ2n) is 5.21. The molecule has 1 atom stereocenters. The number of hydrazine groups is 1. The van der Waals surface area contributed by atoms with Crippen molar-refractivity contribution in [1.82, 2.24) is 25.1 Å². The van der Waals surface area contributed by atoms with E-state index in [0.717, 1.165) is 40.4 Å². The number of likely N-dealkylation sites (N-methyl/N-ethyl adjacent to an activating group) is 1. The third-order valence-electron chi connectivity index (χ3n) is 3.17. The van der Waals surface area contributed by atoms with Crippen LogP contribution in [0.1, 0.15) is 22.4 Å². The first-order valence-electron chi connectivity index (χ1n) is 6.74. The zero-order chi connectivity index (χ0) is 15.4. The lowest BCUT2D eigenvalue weighted by Crippen LogP contribution is -2.32. The SMILES string of the molecule is Cc1csc(CC(NN)c2c(Br)cnn2CCN(C)C)n1. The molecule has 3 N–H and O–H groups in total. The maximum Gasteiger partial charge on any atom is 0.0948 e. The maximum atomic E-state index is 5.77. The number of aryl methyl sites for hydroxylation is 1. The summed E-state index contributed by atoms with van der Waals surface area (Å²) in [6, 6.07) is -0.0189. The van der Waals surface area contributed by atoms with E-state index in [2.05, 4.69) is 55.8 Å². The van der Waals surface area contributed by atoms with Crippen LogP contribution < -0.4 is 11.3 Å². The van der Waals surface area contributed by atoms with Crippen LogP contribution in [0, 0.1) is 6.92 Å². The lowest BCUT2D eigenvalue weighted by molar-refractivity contribution is 0.361. The third kappa shape index (κ3) is 4.33. The van der Waals surface area contributed by atoms with E-state index in [-0.39, 0.29) is 6.04 Å². The zero-order valence-electron chi connectivity index (χ0n) is 12.5. The molecule has 2 heterocycles. The average molecular weight is 373 g/mol. The van der Waals surface area contributed by atoms with Gasteiger partial charge in [0.1, 0.15) is 0 Å². The first-order chi connectivity index (χ1) is 10.0. The molecule has 2 aromatic heterocycles. The molecule has 1 unspecified atom stereocenters. The summed E-state index contributed by atoms with van der Waals surface area (Å²) in [5, 5.41) is 7.56. The summed E-state index contributed by atoms with van der Waals surface area (Å²) < 4.78 is 2.97. The van der Waals surface area contributed by atoms with Crippen LogP contribution in [-0.4, -0.2) is 40.3 Å². The average Bonchev–Trinajstić information content (AvgIpc) is 3.00. The van der Waals surface area contributed by atoms with Crippen molar-refractivity contribution >= 4 is 27.3 Å². The van der Waals surface area contributed by atoms with Gasteiger partial charge in [0.2, 0.25) is 0 Å². The van der Waals surface area contributed by atoms with E-state index in [4.69, 9.17) is 5.84 Å². The van der Waals surface area contributed by atoms with Crippen molar-refractivity contribution in [2.75, 3.05) is 20.6 Å². The van der Waals surface area contributed by atoms with Gasteiger partial charge in [0.05, 0.1) is 34.0 Å². The van der Waals surface area contributed by atoms with Gasteiger partial charge in [0, 0.05) is 24.0 Å². The number of thiazole rings is 1. The molecule has 0 aliphatic carbocycles. The smallest absolute Gasteiger partial charge is 0.0948 e. The molecule has 0 radical (unpaired) electrons. The van der Waals surface area contributed by atoms with Crippen LogP contribution in [0.3, 0.4) is 0 Å². The van der Waals surface area contributed by atoms with Crippen molar-refractivity contribution in [3.05, 3.63) is 32.4 Å². The molecule has 2 aromatic rings. The van der Waals surface area contributed by atoms with E-state index in [9.17, 15) is 0 Å². The summed E-state index contributed by atoms with van der Waals surface area (Å²) in [5.41, 5.74) is 5.00. The normalized spacial score (nSPS) is 13.0. The fraction of sp³-hybridized carbons (Fsp3) is 0.538. The van der Waals surface area contributed by atoms with Gasteiger partial charge in [0.25, 0.3) is 0 Å². The molecule has 21 heavy (non-hydrogen) atoms. The predicted octanol–water partition coefficient (Wildman–Crippen LogP) is 1.72. The Morgan fingerprint density at radius 3 is 2.86 bits per heavy atom. The number of rotatable bonds is 7. The Labute approximate surface area is 137 Å². The summed E-state index contributed by atoms with van der Waals surface area (Å²) in [5.74, 6) is 5.77. The molecule has 0 aliphatic heterocycles. The first-order valence-corrected chi connectivity index (χ1v) is 8.41. The predicted molar refractivity (Wildman–Crippen MR) is 89.1 cm³/mol. The molecule has 0 spiro atoms. The number of nitrogens with zero attached hydrogens (tertiary/aromatic N) is 4. The molecule has 0 bridgehead atoms. The molecular weight excluding hydrogens is 352 g/mol. The number of aromatic nitrogens is 3. The Morgan fingerprint density at radius 2 is 2.29 bits per heavy atom. The van der Waals surface area contributed by atoms with E-state index in [0.29, 0.717) is 0 Å². The Kier molecular flexibility index (Phi) is 5.88. The van der Waals surface area contributed by atoms with Crippen LogP contribution >= 0.6 is 27.3 Å². The monoisotopic (exact) mass is 372 g/mol. The van der Waals surface area contributed by atoms with Crippen LogP contribution in [0.4, 0.5) is 0 Å². The van der Waals surface area contributed by atoms with E-state index < -0.39 is 0 Å². The second kappa shape index (κ2) is 7.46. The Balaban J connectivity index is 2.18. The molecule has 0 amide bonds. The molecule has 0 aliphatic rings. The van der Waals surface area contributed by atoms with E-state index in [1.165, 1.54) is 0 Å². The number of nitrogens with one attached hydrogen (secondary N) is 1. The van der Waals surface area contributed by atoms with Gasteiger partial charge < -0.3 is 4.90 Å². The number of halogens is 1. The van der Waals surface area contributed by atoms with Crippen LogP contribution in [-0.2, 0) is 13.0 Å². The highest BCUT2D eigenvalue weighted by Crippen LogP contribution is 2.26. The molecule has 6 nitrogen and oxygen atoms in total. The molecule has 0 saturated heterocycles. The highest BCUT2D eigenvalue weighted by Gasteiger charge is 2.20. The Morgan fingerprint density at radius 1 is 1.52 bits per heavy atom. The van der Waals surface area contributed by atoms with Crippen molar-refractivity contribution < 1.29 is 0 Å². The van der Waals surface area contributed by atoms with Crippen molar-refractivity contribution in [3.63, 3.8) is 0 Å². The minimum atomic E-state index is -0.0189. The van der Waals surface area contributed by atoms with Crippen molar-refractivity contribution in [2.24, 2.45) is 5.84 Å². The van der Waals surface area contributed by atoms with Gasteiger partial charge in [-0.15, -0.1) is 11.3 Å². The summed E-state index contributed by atoms with van der Waals surface area (Å²) in [4.78, 5) is 6.64. The standard InChI is InChI=1S/C13H21BrN6S/c1-9-8-21-12(17-9)6-11(18-15)13-10(14)7-16-20(13)5-4-19(2)3/h7-8,11,18H,4-6,15H2,1-3H3. The minimum Gasteiger partial charge on any atom is -0.308 e. The van der Waals surface area contributed by atoms with Gasteiger partial charge in [0.15, 0.2) is 0 Å². The zero-order valence-corrected chi connectivity index (χ0v) is 14.9. The number of hydrogen-bond donors (Lipinski definition) is 2. The molecule has 0 fully saturated rings. The number of hydrogen-bond acceptors (Lipinski definition) is 6. The van der Waals surface area contributed by atoms with Crippen LogP contribution in [0.25, 0.3) is 0 Å². The molecule has 0 aromatic carbocycles. The largest absolute Gasteiger partial charge is 0.308 e. The minimum absolute atomic E-state index is 0.0189. The molecule has 2 rings (SSSR count). The summed E-state index contributed by atoms with van der Waals surface area (Å²) in [7, 11) is 4.10. The van der Waals surface area contributed by atoms with E-state index in [1.54, 1.807) is 11.3 Å². The Bertz CT molecular complexity index is 579. The van der Waals surface area contributed by atoms with Crippen molar-refractivity contribution in [1.29, 1.82) is 0 Å². The molecule has 0 saturated carbocycles. The number of nitrogens with two attached hydrogens (primary N) is 1. The van der Waals surface area contributed by atoms with Crippen molar-refractivity contribution in [2.45, 2.75) is 25.9 Å². The maximum absolute atomic E-state index is 5.77. The summed E-state index contributed by atoms with van der Waals surface area (Å²) in [6.45, 7) is 3.75. The quantitative estimate of drug-likeness (QED) is 0.571. The van der Waals surface area contributed by atoms with Gasteiger partial charge >= 0.3 is 0 Å². The van der Waals surface area contributed by atoms with Gasteiger partial charge in [-0.25, -0.2) is 4.98 Å². The van der Waals surface area contributed by atoms with Crippen molar-refractivity contribution in [3.8, 4) is 0 Å². The first kappa shape index (κ1) is 16.6. The van der Waals surface area contributed by atoms with Gasteiger partial charge in [-0.3, -0.25) is 16.0 Å². The third-order valence-corrected chi connectivity index (χ3v) is 4.77. The molecule has 8 heteroatoms. The highest BCUT2D eigenvalue weighted by molar-refractivity contribution is 9.10. The highest BCUT2D eigenvalue weighted by atomic mass is 79.9. The summed E-state index contributed by atoms with van der Waals surface area (Å²) in [6.07, 6.45) is 2.57.